The number of benzene rings is 1. The van der Waals surface area contributed by atoms with Crippen LogP contribution in [0.4, 0.5) is 0 Å². The largest absolute Gasteiger partial charge is 0.298 e. The Balaban J connectivity index is 2.03. The van der Waals surface area contributed by atoms with E-state index in [0.29, 0.717) is 5.78 Å². The molecule has 1 fully saturated rings. The van der Waals surface area contributed by atoms with Gasteiger partial charge in [-0.15, -0.1) is 0 Å². The van der Waals surface area contributed by atoms with Crippen LogP contribution < -0.4 is 0 Å². The summed E-state index contributed by atoms with van der Waals surface area (Å²) in [4.78, 5) is 14.2. The minimum absolute atomic E-state index is 0.0731. The van der Waals surface area contributed by atoms with Gasteiger partial charge in [0.25, 0.3) is 0 Å². The number of likely N-dealkylation sites (tertiary alicyclic amines) is 1. The fourth-order valence-electron chi connectivity index (χ4n) is 2.32. The van der Waals surface area contributed by atoms with Gasteiger partial charge in [-0.25, -0.2) is 0 Å². The second-order valence-corrected chi connectivity index (χ2v) is 4.72. The van der Waals surface area contributed by atoms with Crippen molar-refractivity contribution in [3.63, 3.8) is 0 Å². The highest BCUT2D eigenvalue weighted by molar-refractivity contribution is 5.86. The molecular weight excluding hydrogens is 198 g/mol. The minimum atomic E-state index is 0.0731. The van der Waals surface area contributed by atoms with Crippen molar-refractivity contribution >= 4 is 5.78 Å². The summed E-state index contributed by atoms with van der Waals surface area (Å²) in [5.74, 6) is 0.629. The van der Waals surface area contributed by atoms with Crippen LogP contribution in [-0.2, 0) is 11.3 Å². The van der Waals surface area contributed by atoms with Gasteiger partial charge in [0, 0.05) is 12.5 Å². The number of ketones is 1. The molecule has 0 saturated carbocycles. The third-order valence-corrected chi connectivity index (χ3v) is 3.52. The summed E-state index contributed by atoms with van der Waals surface area (Å²) in [5.41, 5.74) is 1.29. The minimum Gasteiger partial charge on any atom is -0.298 e. The molecule has 0 aromatic heterocycles. The maximum atomic E-state index is 11.9. The van der Waals surface area contributed by atoms with E-state index in [0.717, 1.165) is 19.5 Å². The highest BCUT2D eigenvalue weighted by Gasteiger charge is 2.30. The summed E-state index contributed by atoms with van der Waals surface area (Å²) in [5, 5.41) is 0. The lowest BCUT2D eigenvalue weighted by Gasteiger charge is -2.35. The van der Waals surface area contributed by atoms with Crippen molar-refractivity contribution in [1.29, 1.82) is 0 Å². The summed E-state index contributed by atoms with van der Waals surface area (Å²) in [6.07, 6.45) is 0.996. The topological polar surface area (TPSA) is 20.3 Å². The van der Waals surface area contributed by atoms with E-state index in [1.807, 2.05) is 32.0 Å². The molecule has 1 aliphatic heterocycles. The Morgan fingerprint density at radius 3 is 2.62 bits per heavy atom. The molecule has 1 aromatic carbocycles. The molecule has 2 nitrogen and oxygen atoms in total. The fourth-order valence-corrected chi connectivity index (χ4v) is 2.32. The number of hydrogen-bond acceptors (Lipinski definition) is 2. The Morgan fingerprint density at radius 2 is 1.94 bits per heavy atom. The number of rotatable bonds is 2. The molecule has 2 rings (SSSR count). The van der Waals surface area contributed by atoms with E-state index in [-0.39, 0.29) is 12.0 Å². The van der Waals surface area contributed by atoms with Crippen LogP contribution in [0.5, 0.6) is 0 Å². The molecule has 2 heteroatoms. The Bertz CT molecular complexity index is 360. The van der Waals surface area contributed by atoms with Crippen molar-refractivity contribution in [1.82, 2.24) is 4.90 Å². The maximum absolute atomic E-state index is 11.9. The zero-order valence-corrected chi connectivity index (χ0v) is 10.0. The van der Waals surface area contributed by atoms with Crippen LogP contribution in [0.3, 0.4) is 0 Å². The maximum Gasteiger partial charge on any atom is 0.152 e. The summed E-state index contributed by atoms with van der Waals surface area (Å²) >= 11 is 0. The highest BCUT2D eigenvalue weighted by Crippen LogP contribution is 2.20. The van der Waals surface area contributed by atoms with E-state index >= 15 is 0 Å². The van der Waals surface area contributed by atoms with E-state index in [1.165, 1.54) is 5.56 Å². The molecule has 1 aliphatic rings. The van der Waals surface area contributed by atoms with Gasteiger partial charge in [-0.2, -0.15) is 0 Å². The van der Waals surface area contributed by atoms with Gasteiger partial charge in [-0.3, -0.25) is 9.69 Å². The molecule has 0 amide bonds. The van der Waals surface area contributed by atoms with Crippen molar-refractivity contribution in [3.05, 3.63) is 35.9 Å². The van der Waals surface area contributed by atoms with Gasteiger partial charge in [0.15, 0.2) is 5.78 Å². The summed E-state index contributed by atoms with van der Waals surface area (Å²) < 4.78 is 0. The predicted molar refractivity (Wildman–Crippen MR) is 65.1 cm³/mol. The van der Waals surface area contributed by atoms with Crippen LogP contribution in [0.1, 0.15) is 25.8 Å². The Hall–Kier alpha value is -1.15. The number of carbonyl (C=O) groups is 1. The van der Waals surface area contributed by atoms with Gasteiger partial charge in [0.05, 0.1) is 6.04 Å². The number of Topliss-reactive ketones (excluding diaryl/α,β-unsaturated/α-hetero) is 1. The summed E-state index contributed by atoms with van der Waals surface area (Å²) in [6.45, 7) is 5.99. The van der Waals surface area contributed by atoms with Crippen LogP contribution in [0, 0.1) is 5.92 Å². The van der Waals surface area contributed by atoms with E-state index in [9.17, 15) is 4.79 Å². The van der Waals surface area contributed by atoms with Crippen molar-refractivity contribution in [2.75, 3.05) is 6.54 Å². The Kier molecular flexibility index (Phi) is 3.39. The van der Waals surface area contributed by atoms with Crippen LogP contribution in [0.15, 0.2) is 30.3 Å². The average molecular weight is 217 g/mol. The highest BCUT2D eigenvalue weighted by atomic mass is 16.1. The standard InChI is InChI=1S/C14H19NO/c1-11-8-9-15(12(2)14(11)16)10-13-6-4-3-5-7-13/h3-7,11-12H,8-10H2,1-2H3. The summed E-state index contributed by atoms with van der Waals surface area (Å²) in [7, 11) is 0. The first-order chi connectivity index (χ1) is 7.68. The molecule has 86 valence electrons. The monoisotopic (exact) mass is 217 g/mol. The Labute approximate surface area is 97.3 Å². The molecule has 0 bridgehead atoms. The van der Waals surface area contributed by atoms with Gasteiger partial charge < -0.3 is 0 Å². The molecule has 1 aromatic rings. The van der Waals surface area contributed by atoms with Crippen molar-refractivity contribution in [2.24, 2.45) is 5.92 Å². The van der Waals surface area contributed by atoms with Crippen molar-refractivity contribution in [2.45, 2.75) is 32.9 Å². The third kappa shape index (κ3) is 2.33. The average Bonchev–Trinajstić information content (AvgIpc) is 2.31. The normalized spacial score (nSPS) is 27.0. The Morgan fingerprint density at radius 1 is 1.25 bits per heavy atom. The van der Waals surface area contributed by atoms with E-state index in [4.69, 9.17) is 0 Å². The smallest absolute Gasteiger partial charge is 0.152 e. The molecule has 16 heavy (non-hydrogen) atoms. The summed E-state index contributed by atoms with van der Waals surface area (Å²) in [6, 6.07) is 10.4. The van der Waals surface area contributed by atoms with Crippen LogP contribution in [-0.4, -0.2) is 23.3 Å². The van der Waals surface area contributed by atoms with Crippen LogP contribution in [0.2, 0.25) is 0 Å². The van der Waals surface area contributed by atoms with Crippen molar-refractivity contribution in [3.8, 4) is 0 Å². The lowest BCUT2D eigenvalue weighted by molar-refractivity contribution is -0.130. The van der Waals surface area contributed by atoms with Gasteiger partial charge in [-0.05, 0) is 25.5 Å². The lowest BCUT2D eigenvalue weighted by atomic mass is 9.91. The predicted octanol–water partition coefficient (Wildman–Crippen LogP) is 2.49. The van der Waals surface area contributed by atoms with E-state index < -0.39 is 0 Å². The first kappa shape index (κ1) is 11.3. The number of nitrogens with zero attached hydrogens (tertiary/aromatic N) is 1. The first-order valence-electron chi connectivity index (χ1n) is 6.00. The number of piperidine rings is 1. The van der Waals surface area contributed by atoms with Gasteiger partial charge in [-0.1, -0.05) is 37.3 Å². The van der Waals surface area contributed by atoms with Crippen LogP contribution >= 0.6 is 0 Å². The zero-order valence-electron chi connectivity index (χ0n) is 10.0. The number of hydrogen-bond donors (Lipinski definition) is 0. The molecular formula is C14H19NO. The zero-order chi connectivity index (χ0) is 11.5. The van der Waals surface area contributed by atoms with Gasteiger partial charge in [0.2, 0.25) is 0 Å². The molecule has 0 radical (unpaired) electrons. The lowest BCUT2D eigenvalue weighted by Crippen LogP contribution is -2.46. The van der Waals surface area contributed by atoms with Crippen molar-refractivity contribution < 1.29 is 4.79 Å². The third-order valence-electron chi connectivity index (χ3n) is 3.52. The fraction of sp³-hybridized carbons (Fsp3) is 0.500. The molecule has 0 aliphatic carbocycles. The SMILES string of the molecule is CC1CCN(Cc2ccccc2)C(C)C1=O. The molecule has 1 heterocycles. The second-order valence-electron chi connectivity index (χ2n) is 4.72. The molecule has 0 N–H and O–H groups in total. The molecule has 2 atom stereocenters. The van der Waals surface area contributed by atoms with E-state index in [2.05, 4.69) is 17.0 Å². The molecule has 1 saturated heterocycles. The second kappa shape index (κ2) is 4.79. The quantitative estimate of drug-likeness (QED) is 0.758. The van der Waals surface area contributed by atoms with E-state index in [1.54, 1.807) is 0 Å². The molecule has 2 unspecified atom stereocenters. The first-order valence-corrected chi connectivity index (χ1v) is 6.00. The van der Waals surface area contributed by atoms with Gasteiger partial charge >= 0.3 is 0 Å². The number of carbonyl (C=O) groups excluding carboxylic acids is 1. The van der Waals surface area contributed by atoms with Crippen LogP contribution in [0.25, 0.3) is 0 Å². The van der Waals surface area contributed by atoms with Gasteiger partial charge in [0.1, 0.15) is 0 Å². The molecule has 0 spiro atoms.